The maximum atomic E-state index is 13.9. The molecule has 0 unspecified atom stereocenters. The molecule has 266 valence electrons. The zero-order chi connectivity index (χ0) is 36.0. The van der Waals surface area contributed by atoms with Crippen molar-refractivity contribution >= 4 is 0 Å². The SMILES string of the molecule is C[C@@H]1C[N@@+]2(Cc3cc(C(F)(F)F)cc(C(F)(F)F)c3)C[C@](OCc3cc(C(F)(F)F)cc(C(F)(F)F)c3)(c3ccccc3)[C@H]3CC[C@@H]1[C@]32C. The molecule has 49 heavy (non-hydrogen) atoms. The lowest BCUT2D eigenvalue weighted by molar-refractivity contribution is -0.968. The maximum absolute atomic E-state index is 13.9. The molecule has 3 fully saturated rings. The molecule has 3 aromatic carbocycles. The second-order valence-electron chi connectivity index (χ2n) is 14.0. The topological polar surface area (TPSA) is 9.23 Å². The molecule has 0 spiro atoms. The standard InChI is InChI=1S/C35H32F12NO/c1-20-16-48(17-21-10-24(32(36,37)38)14-25(11-21)33(39,40)41)19-31(23-6-4-3-5-7-23,29-9-8-28(20)30(29,48)2)49-18-22-12-26(34(42,43)44)15-27(13-22)35(45,46)47/h3-7,10-15,20,28-29H,8-9,16-19H2,1-2H3/q+1/t20-,28+,29+,30-,31+,48-/m1/s1. The Bertz CT molecular complexity index is 1650. The summed E-state index contributed by atoms with van der Waals surface area (Å²) >= 11 is 0. The molecule has 14 heteroatoms. The minimum Gasteiger partial charge on any atom is -0.359 e. The summed E-state index contributed by atoms with van der Waals surface area (Å²) in [6.07, 6.45) is -19.1. The third-order valence-electron chi connectivity index (χ3n) is 11.2. The average Bonchev–Trinajstić information content (AvgIpc) is 3.53. The summed E-state index contributed by atoms with van der Waals surface area (Å²) in [7, 11) is 0. The van der Waals surface area contributed by atoms with E-state index in [2.05, 4.69) is 0 Å². The second kappa shape index (κ2) is 11.4. The van der Waals surface area contributed by atoms with Crippen LogP contribution in [-0.2, 0) is 48.2 Å². The highest BCUT2D eigenvalue weighted by atomic mass is 19.4. The number of hydrogen-bond donors (Lipinski definition) is 0. The molecule has 1 aliphatic carbocycles. The van der Waals surface area contributed by atoms with Gasteiger partial charge in [0.2, 0.25) is 0 Å². The van der Waals surface area contributed by atoms with Gasteiger partial charge in [0.1, 0.15) is 18.6 Å². The first-order valence-corrected chi connectivity index (χ1v) is 15.6. The van der Waals surface area contributed by atoms with Crippen LogP contribution in [-0.4, -0.2) is 23.1 Å². The monoisotopic (exact) mass is 710 g/mol. The van der Waals surface area contributed by atoms with Gasteiger partial charge in [0.25, 0.3) is 0 Å². The highest BCUT2D eigenvalue weighted by Crippen LogP contribution is 2.68. The molecular weight excluding hydrogens is 678 g/mol. The Morgan fingerprint density at radius 3 is 1.61 bits per heavy atom. The van der Waals surface area contributed by atoms with Gasteiger partial charge in [-0.05, 0) is 67.3 Å². The van der Waals surface area contributed by atoms with Gasteiger partial charge in [-0.1, -0.05) is 37.3 Å². The number of hydrogen-bond acceptors (Lipinski definition) is 1. The van der Waals surface area contributed by atoms with Gasteiger partial charge < -0.3 is 9.22 Å². The lowest BCUT2D eigenvalue weighted by Crippen LogP contribution is -2.57. The number of quaternary nitrogens is 1. The van der Waals surface area contributed by atoms with Gasteiger partial charge in [0, 0.05) is 17.4 Å². The number of alkyl halides is 12. The number of benzene rings is 3. The van der Waals surface area contributed by atoms with E-state index in [1.807, 2.05) is 13.8 Å². The third-order valence-corrected chi connectivity index (χ3v) is 11.2. The molecule has 0 N–H and O–H groups in total. The lowest BCUT2D eigenvalue weighted by Gasteiger charge is -2.43. The first-order valence-electron chi connectivity index (χ1n) is 15.6. The largest absolute Gasteiger partial charge is 0.416 e. The number of rotatable bonds is 6. The van der Waals surface area contributed by atoms with Crippen LogP contribution in [0.2, 0.25) is 0 Å². The van der Waals surface area contributed by atoms with E-state index < -0.39 is 70.6 Å². The minimum atomic E-state index is -5.08. The van der Waals surface area contributed by atoms with Crippen LogP contribution in [0.5, 0.6) is 0 Å². The van der Waals surface area contributed by atoms with E-state index in [1.54, 1.807) is 30.3 Å². The fourth-order valence-corrected chi connectivity index (χ4v) is 9.42. The van der Waals surface area contributed by atoms with E-state index in [9.17, 15) is 52.7 Å². The molecule has 2 saturated heterocycles. The van der Waals surface area contributed by atoms with Crippen molar-refractivity contribution in [3.63, 3.8) is 0 Å². The van der Waals surface area contributed by atoms with Gasteiger partial charge in [0.15, 0.2) is 5.60 Å². The van der Waals surface area contributed by atoms with Crippen LogP contribution in [0.1, 0.15) is 65.6 Å². The first-order chi connectivity index (χ1) is 22.5. The third kappa shape index (κ3) is 6.00. The van der Waals surface area contributed by atoms with Crippen LogP contribution in [0.4, 0.5) is 52.7 Å². The van der Waals surface area contributed by atoms with Gasteiger partial charge >= 0.3 is 24.7 Å². The number of halogens is 12. The predicted octanol–water partition coefficient (Wildman–Crippen LogP) is 10.6. The van der Waals surface area contributed by atoms with Crippen molar-refractivity contribution in [1.29, 1.82) is 0 Å². The summed E-state index contributed by atoms with van der Waals surface area (Å²) in [4.78, 5) is 0. The van der Waals surface area contributed by atoms with Crippen LogP contribution in [0.15, 0.2) is 66.7 Å². The molecule has 1 saturated carbocycles. The summed E-state index contributed by atoms with van der Waals surface area (Å²) in [6, 6.07) is 11.3. The average molecular weight is 711 g/mol. The second-order valence-corrected chi connectivity index (χ2v) is 14.0. The molecule has 6 rings (SSSR count). The molecule has 2 nitrogen and oxygen atoms in total. The first kappa shape index (κ1) is 35.6. The molecule has 3 aromatic rings. The van der Waals surface area contributed by atoms with Gasteiger partial charge in [-0.3, -0.25) is 0 Å². The van der Waals surface area contributed by atoms with Crippen molar-refractivity contribution in [3.8, 4) is 0 Å². The smallest absolute Gasteiger partial charge is 0.359 e. The number of nitrogens with zero attached hydrogens (tertiary/aromatic N) is 1. The van der Waals surface area contributed by atoms with Crippen molar-refractivity contribution in [2.24, 2.45) is 17.8 Å². The summed E-state index contributed by atoms with van der Waals surface area (Å²) in [5.74, 6) is -0.419. The summed E-state index contributed by atoms with van der Waals surface area (Å²) in [6.45, 7) is 3.45. The summed E-state index contributed by atoms with van der Waals surface area (Å²) < 4.78 is 172. The van der Waals surface area contributed by atoms with E-state index in [0.717, 1.165) is 12.1 Å². The Labute approximate surface area is 274 Å². The fourth-order valence-electron chi connectivity index (χ4n) is 9.42. The van der Waals surface area contributed by atoms with Gasteiger partial charge in [0.05, 0.1) is 41.3 Å². The normalized spacial score (nSPS) is 30.2. The molecule has 0 amide bonds. The Morgan fingerprint density at radius 2 is 1.14 bits per heavy atom. The van der Waals surface area contributed by atoms with Crippen LogP contribution in [0.3, 0.4) is 0 Å². The van der Waals surface area contributed by atoms with Gasteiger partial charge in [-0.25, -0.2) is 0 Å². The summed E-state index contributed by atoms with van der Waals surface area (Å²) in [5.41, 5.74) is -7.98. The van der Waals surface area contributed by atoms with Crippen molar-refractivity contribution in [2.75, 3.05) is 13.1 Å². The minimum absolute atomic E-state index is 0.0227. The van der Waals surface area contributed by atoms with Crippen LogP contribution >= 0.6 is 0 Å². The van der Waals surface area contributed by atoms with Crippen molar-refractivity contribution in [3.05, 3.63) is 106 Å². The van der Waals surface area contributed by atoms with Gasteiger partial charge in [-0.2, -0.15) is 52.7 Å². The molecule has 3 aliphatic rings. The summed E-state index contributed by atoms with van der Waals surface area (Å²) in [5, 5.41) is 0. The van der Waals surface area contributed by atoms with Crippen LogP contribution in [0.25, 0.3) is 0 Å². The quantitative estimate of drug-likeness (QED) is 0.183. The van der Waals surface area contributed by atoms with E-state index in [-0.39, 0.29) is 52.7 Å². The zero-order valence-electron chi connectivity index (χ0n) is 26.2. The molecule has 0 aromatic heterocycles. The highest BCUT2D eigenvalue weighted by Gasteiger charge is 2.78. The van der Waals surface area contributed by atoms with Crippen molar-refractivity contribution in [1.82, 2.24) is 0 Å². The van der Waals surface area contributed by atoms with Gasteiger partial charge in [-0.15, -0.1) is 0 Å². The predicted molar refractivity (Wildman–Crippen MR) is 153 cm³/mol. The van der Waals surface area contributed by atoms with E-state index in [1.165, 1.54) is 0 Å². The van der Waals surface area contributed by atoms with E-state index in [0.29, 0.717) is 37.1 Å². The fraction of sp³-hybridized carbons (Fsp3) is 0.486. The molecule has 2 aliphatic heterocycles. The Balaban J connectivity index is 1.48. The Morgan fingerprint density at radius 1 is 0.673 bits per heavy atom. The molecule has 6 atom stereocenters. The molecule has 0 bridgehead atoms. The highest BCUT2D eigenvalue weighted by molar-refractivity contribution is 5.36. The van der Waals surface area contributed by atoms with E-state index >= 15 is 0 Å². The van der Waals surface area contributed by atoms with Crippen molar-refractivity contribution < 1.29 is 61.9 Å². The van der Waals surface area contributed by atoms with E-state index in [4.69, 9.17) is 4.74 Å². The lowest BCUT2D eigenvalue weighted by atomic mass is 9.73. The number of ether oxygens (including phenoxy) is 1. The molecule has 2 heterocycles. The molecular formula is C35H32F12NO+. The van der Waals surface area contributed by atoms with Crippen LogP contribution < -0.4 is 0 Å². The zero-order valence-corrected chi connectivity index (χ0v) is 26.2. The Kier molecular flexibility index (Phi) is 8.26. The Hall–Kier alpha value is -3.26. The van der Waals surface area contributed by atoms with Crippen molar-refractivity contribution in [2.45, 2.75) is 75.7 Å². The maximum Gasteiger partial charge on any atom is 0.416 e. The molecule has 0 radical (unpaired) electrons. The van der Waals surface area contributed by atoms with Crippen LogP contribution in [0, 0.1) is 17.8 Å².